The number of benzene rings is 1. The predicted octanol–water partition coefficient (Wildman–Crippen LogP) is 2.63. The first-order valence-electron chi connectivity index (χ1n) is 7.45. The number of carbonyl (C=O) groups is 1. The maximum Gasteiger partial charge on any atom is 0.258 e. The summed E-state index contributed by atoms with van der Waals surface area (Å²) in [4.78, 5) is 14.8. The molecule has 0 bridgehead atoms. The zero-order chi connectivity index (χ0) is 15.1. The van der Waals surface area contributed by atoms with Crippen LogP contribution in [0.5, 0.6) is 0 Å². The van der Waals surface area contributed by atoms with E-state index >= 15 is 0 Å². The maximum absolute atomic E-state index is 12.9. The number of rotatable bonds is 1. The van der Waals surface area contributed by atoms with Crippen LogP contribution in [-0.4, -0.2) is 27.0 Å². The summed E-state index contributed by atoms with van der Waals surface area (Å²) in [5, 5.41) is 8.13. The number of carbonyl (C=O) groups excluding carboxylic acids is 1. The Morgan fingerprint density at radius 2 is 2.05 bits per heavy atom. The summed E-state index contributed by atoms with van der Waals surface area (Å²) in [6.07, 6.45) is 3.88. The Hall–Kier alpha value is -2.69. The first-order chi connectivity index (χ1) is 10.7. The van der Waals surface area contributed by atoms with Crippen LogP contribution >= 0.6 is 0 Å². The van der Waals surface area contributed by atoms with Crippen molar-refractivity contribution in [1.82, 2.24) is 14.6 Å². The van der Waals surface area contributed by atoms with Crippen molar-refractivity contribution in [3.8, 4) is 0 Å². The average molecular weight is 292 g/mol. The van der Waals surface area contributed by atoms with Crippen LogP contribution in [0.1, 0.15) is 28.2 Å². The highest BCUT2D eigenvalue weighted by molar-refractivity contribution is 6.07. The lowest BCUT2D eigenvalue weighted by Gasteiger charge is -2.29. The lowest BCUT2D eigenvalue weighted by atomic mass is 10.0. The van der Waals surface area contributed by atoms with Gasteiger partial charge < -0.3 is 4.90 Å². The van der Waals surface area contributed by atoms with Crippen LogP contribution in [0.2, 0.25) is 0 Å². The van der Waals surface area contributed by atoms with Crippen LogP contribution in [-0.2, 0) is 6.42 Å². The number of nitrogens with zero attached hydrogens (tertiary/aromatic N) is 4. The van der Waals surface area contributed by atoms with E-state index in [1.807, 2.05) is 46.7 Å². The molecule has 2 aromatic heterocycles. The molecule has 3 aromatic rings. The first-order valence-corrected chi connectivity index (χ1v) is 7.45. The Morgan fingerprint density at radius 3 is 2.95 bits per heavy atom. The molecule has 0 N–H and O–H groups in total. The maximum atomic E-state index is 12.9. The minimum atomic E-state index is 0.0234. The molecule has 1 aliphatic heterocycles. The van der Waals surface area contributed by atoms with Gasteiger partial charge in [-0.25, -0.2) is 0 Å². The minimum absolute atomic E-state index is 0.0234. The molecule has 0 atom stereocenters. The number of aryl methyl sites for hydroxylation is 2. The van der Waals surface area contributed by atoms with E-state index in [-0.39, 0.29) is 5.91 Å². The number of hydrogen-bond acceptors (Lipinski definition) is 3. The molecule has 0 unspecified atom stereocenters. The number of hydrogen-bond donors (Lipinski definition) is 0. The molecular formula is C17H16N4O. The topological polar surface area (TPSA) is 50.5 Å². The second kappa shape index (κ2) is 4.94. The number of fused-ring (bicyclic) bond motifs is 2. The van der Waals surface area contributed by atoms with Gasteiger partial charge in [-0.15, -0.1) is 10.2 Å². The zero-order valence-electron chi connectivity index (χ0n) is 12.4. The Labute approximate surface area is 128 Å². The summed E-state index contributed by atoms with van der Waals surface area (Å²) in [6.45, 7) is 2.65. The molecule has 0 spiro atoms. The van der Waals surface area contributed by atoms with Gasteiger partial charge in [0, 0.05) is 24.0 Å². The molecule has 5 heteroatoms. The van der Waals surface area contributed by atoms with Crippen molar-refractivity contribution >= 4 is 17.2 Å². The monoisotopic (exact) mass is 292 g/mol. The van der Waals surface area contributed by atoms with Crippen LogP contribution in [0.4, 0.5) is 5.69 Å². The quantitative estimate of drug-likeness (QED) is 0.693. The Kier molecular flexibility index (Phi) is 2.92. The fraction of sp³-hybridized carbons (Fsp3) is 0.235. The fourth-order valence-electron chi connectivity index (χ4n) is 3.04. The van der Waals surface area contributed by atoms with Crippen molar-refractivity contribution < 1.29 is 4.79 Å². The molecule has 0 fully saturated rings. The predicted molar refractivity (Wildman–Crippen MR) is 84.2 cm³/mol. The van der Waals surface area contributed by atoms with Crippen molar-refractivity contribution in [2.75, 3.05) is 11.4 Å². The van der Waals surface area contributed by atoms with Gasteiger partial charge in [-0.3, -0.25) is 9.20 Å². The average Bonchev–Trinajstić information content (AvgIpc) is 2.94. The number of anilines is 1. The lowest BCUT2D eigenvalue weighted by molar-refractivity contribution is 0.0985. The first kappa shape index (κ1) is 13.0. The summed E-state index contributed by atoms with van der Waals surface area (Å²) < 4.78 is 1.88. The van der Waals surface area contributed by atoms with Gasteiger partial charge in [0.25, 0.3) is 5.91 Å². The zero-order valence-corrected chi connectivity index (χ0v) is 12.4. The third-order valence-electron chi connectivity index (χ3n) is 4.18. The highest BCUT2D eigenvalue weighted by Gasteiger charge is 2.23. The highest BCUT2D eigenvalue weighted by Crippen LogP contribution is 2.28. The van der Waals surface area contributed by atoms with Crippen molar-refractivity contribution in [2.24, 2.45) is 0 Å². The summed E-state index contributed by atoms with van der Waals surface area (Å²) in [5.41, 5.74) is 3.61. The second-order valence-electron chi connectivity index (χ2n) is 5.58. The molecule has 1 aromatic carbocycles. The number of para-hydroxylation sites is 1. The molecule has 0 radical (unpaired) electrons. The molecule has 1 amide bonds. The normalized spacial score (nSPS) is 14.1. The van der Waals surface area contributed by atoms with E-state index in [2.05, 4.69) is 16.3 Å². The summed E-state index contributed by atoms with van der Waals surface area (Å²) in [6, 6.07) is 11.8. The van der Waals surface area contributed by atoms with E-state index in [4.69, 9.17) is 0 Å². The number of aromatic nitrogens is 3. The fourth-order valence-corrected chi connectivity index (χ4v) is 3.04. The largest absolute Gasteiger partial charge is 0.308 e. The molecule has 3 heterocycles. The van der Waals surface area contributed by atoms with E-state index in [1.165, 1.54) is 5.56 Å². The Bertz CT molecular complexity index is 868. The number of pyridine rings is 1. The van der Waals surface area contributed by atoms with Crippen LogP contribution < -0.4 is 4.90 Å². The van der Waals surface area contributed by atoms with Gasteiger partial charge in [0.1, 0.15) is 5.82 Å². The van der Waals surface area contributed by atoms with Crippen molar-refractivity contribution in [3.05, 3.63) is 59.5 Å². The van der Waals surface area contributed by atoms with E-state index < -0.39 is 0 Å². The summed E-state index contributed by atoms with van der Waals surface area (Å²) >= 11 is 0. The molecule has 22 heavy (non-hydrogen) atoms. The number of amides is 1. The van der Waals surface area contributed by atoms with Crippen LogP contribution in [0, 0.1) is 6.92 Å². The second-order valence-corrected chi connectivity index (χ2v) is 5.58. The van der Waals surface area contributed by atoms with Gasteiger partial charge in [0.2, 0.25) is 0 Å². The lowest BCUT2D eigenvalue weighted by Crippen LogP contribution is -2.35. The SMILES string of the molecule is Cc1nnc2cc(C(=O)N3CCCc4ccccc43)ccn12. The summed E-state index contributed by atoms with van der Waals surface area (Å²) in [7, 11) is 0. The van der Waals surface area contributed by atoms with Crippen molar-refractivity contribution in [3.63, 3.8) is 0 Å². The van der Waals surface area contributed by atoms with Gasteiger partial charge >= 0.3 is 0 Å². The molecule has 0 saturated carbocycles. The van der Waals surface area contributed by atoms with Crippen LogP contribution in [0.25, 0.3) is 5.65 Å². The van der Waals surface area contributed by atoms with Gasteiger partial charge in [-0.05, 0) is 43.5 Å². The highest BCUT2D eigenvalue weighted by atomic mass is 16.2. The Balaban J connectivity index is 1.74. The van der Waals surface area contributed by atoms with E-state index in [0.717, 1.165) is 30.9 Å². The van der Waals surface area contributed by atoms with Gasteiger partial charge in [-0.2, -0.15) is 0 Å². The van der Waals surface area contributed by atoms with Crippen LogP contribution in [0.15, 0.2) is 42.6 Å². The van der Waals surface area contributed by atoms with Crippen molar-refractivity contribution in [1.29, 1.82) is 0 Å². The molecule has 4 rings (SSSR count). The molecule has 5 nitrogen and oxygen atoms in total. The molecule has 1 aliphatic rings. The van der Waals surface area contributed by atoms with Gasteiger partial charge in [0.05, 0.1) is 0 Å². The molecule has 0 saturated heterocycles. The van der Waals surface area contributed by atoms with Gasteiger partial charge in [-0.1, -0.05) is 18.2 Å². The Morgan fingerprint density at radius 1 is 1.18 bits per heavy atom. The smallest absolute Gasteiger partial charge is 0.258 e. The molecular weight excluding hydrogens is 276 g/mol. The standard InChI is InChI=1S/C17H16N4O/c1-12-18-19-16-11-14(8-10-20(12)16)17(22)21-9-4-6-13-5-2-3-7-15(13)21/h2-3,5,7-8,10-11H,4,6,9H2,1H3. The van der Waals surface area contributed by atoms with E-state index in [0.29, 0.717) is 11.2 Å². The molecule has 0 aliphatic carbocycles. The van der Waals surface area contributed by atoms with E-state index in [1.54, 1.807) is 6.07 Å². The molecule has 110 valence electrons. The van der Waals surface area contributed by atoms with E-state index in [9.17, 15) is 4.79 Å². The van der Waals surface area contributed by atoms with Crippen molar-refractivity contribution in [2.45, 2.75) is 19.8 Å². The minimum Gasteiger partial charge on any atom is -0.308 e. The van der Waals surface area contributed by atoms with Crippen LogP contribution in [0.3, 0.4) is 0 Å². The van der Waals surface area contributed by atoms with Gasteiger partial charge in [0.15, 0.2) is 5.65 Å². The third kappa shape index (κ3) is 1.97. The third-order valence-corrected chi connectivity index (χ3v) is 4.18. The summed E-state index contributed by atoms with van der Waals surface area (Å²) in [5.74, 6) is 0.840.